The number of carbonyl (C=O) groups is 4. The van der Waals surface area contributed by atoms with Crippen molar-refractivity contribution in [3.63, 3.8) is 0 Å². The summed E-state index contributed by atoms with van der Waals surface area (Å²) in [5.74, 6) is -4.89. The largest absolute Gasteiger partial charge is 0.434 e. The molecule has 1 saturated heterocycles. The van der Waals surface area contributed by atoms with Crippen LogP contribution >= 0.6 is 11.6 Å². The van der Waals surface area contributed by atoms with E-state index in [0.717, 1.165) is 25.3 Å². The van der Waals surface area contributed by atoms with Gasteiger partial charge in [0.15, 0.2) is 6.10 Å². The van der Waals surface area contributed by atoms with Crippen LogP contribution in [-0.2, 0) is 25.0 Å². The molecule has 4 atom stereocenters. The second-order valence-corrected chi connectivity index (χ2v) is 11.3. The van der Waals surface area contributed by atoms with Crippen molar-refractivity contribution in [2.45, 2.75) is 69.6 Å². The molecule has 4 rings (SSSR count). The lowest BCUT2D eigenvalue weighted by Crippen LogP contribution is -2.52. The zero-order chi connectivity index (χ0) is 29.6. The van der Waals surface area contributed by atoms with E-state index in [-0.39, 0.29) is 34.7 Å². The normalized spacial score (nSPS) is 19.8. The fraction of sp³-hybridized carbons (Fsp3) is 0.467. The van der Waals surface area contributed by atoms with Crippen LogP contribution in [0.1, 0.15) is 62.7 Å². The number of hydrogen-bond donors (Lipinski definition) is 3. The molecule has 0 aromatic heterocycles. The minimum atomic E-state index is -3.66. The maximum atomic E-state index is 15.8. The molecule has 1 saturated carbocycles. The Kier molecular flexibility index (Phi) is 9.63. The average Bonchev–Trinajstić information content (AvgIpc) is 3.63. The van der Waals surface area contributed by atoms with Gasteiger partial charge in [-0.1, -0.05) is 67.4 Å². The highest BCUT2D eigenvalue weighted by molar-refractivity contribution is 6.30. The molecular weight excluding hydrogens is 556 g/mol. The van der Waals surface area contributed by atoms with E-state index < -0.39 is 47.6 Å². The number of nitrogens with one attached hydrogen (secondary N) is 3. The van der Waals surface area contributed by atoms with Gasteiger partial charge in [0.2, 0.25) is 11.8 Å². The number of rotatable bonds is 13. The highest BCUT2D eigenvalue weighted by Crippen LogP contribution is 2.52. The summed E-state index contributed by atoms with van der Waals surface area (Å²) < 4.78 is 37.0. The molecule has 1 aliphatic heterocycles. The SMILES string of the molecule is CCC1(C[C@H](NC(=O)OC(c2ccccc2)C(F)(F)c2cccc(Cl)c2)C(=O)N[C@H](C=O)C[C@@H]2CCNC2=O)CC1. The van der Waals surface area contributed by atoms with Gasteiger partial charge < -0.3 is 25.5 Å². The fourth-order valence-electron chi connectivity index (χ4n) is 5.24. The van der Waals surface area contributed by atoms with Gasteiger partial charge in [0.1, 0.15) is 12.3 Å². The number of alkyl halides is 2. The van der Waals surface area contributed by atoms with Crippen molar-refractivity contribution in [3.8, 4) is 0 Å². The van der Waals surface area contributed by atoms with Gasteiger partial charge in [0.05, 0.1) is 6.04 Å². The first kappa shape index (κ1) is 30.4. The topological polar surface area (TPSA) is 114 Å². The fourth-order valence-corrected chi connectivity index (χ4v) is 5.43. The third-order valence-corrected chi connectivity index (χ3v) is 8.25. The molecule has 11 heteroatoms. The lowest BCUT2D eigenvalue weighted by atomic mass is 9.93. The molecule has 0 bridgehead atoms. The molecular formula is C30H34ClF2N3O5. The van der Waals surface area contributed by atoms with Crippen molar-refractivity contribution in [3.05, 3.63) is 70.7 Å². The Hall–Kier alpha value is -3.53. The smallest absolute Gasteiger partial charge is 0.408 e. The van der Waals surface area contributed by atoms with Crippen molar-refractivity contribution in [1.82, 2.24) is 16.0 Å². The van der Waals surface area contributed by atoms with E-state index in [1.165, 1.54) is 30.3 Å². The Morgan fingerprint density at radius 3 is 2.49 bits per heavy atom. The standard InChI is InChI=1S/C30H34ClF2N3O5/c1-2-29(12-13-29)17-24(27(39)35-23(18-37)15-20-11-14-34-26(20)38)36-28(40)41-25(19-7-4-3-5-8-19)30(32,33)21-9-6-10-22(31)16-21/h3-10,16,18,20,23-25H,2,11-15,17H2,1H3,(H,34,38)(H,35,39)(H,36,40)/t20-,23-,24-,25?/m0/s1. The summed E-state index contributed by atoms with van der Waals surface area (Å²) >= 11 is 5.96. The van der Waals surface area contributed by atoms with Crippen molar-refractivity contribution < 1.29 is 32.7 Å². The number of ether oxygens (including phenoxy) is 1. The van der Waals surface area contributed by atoms with E-state index in [2.05, 4.69) is 16.0 Å². The van der Waals surface area contributed by atoms with Gasteiger partial charge >= 0.3 is 12.0 Å². The van der Waals surface area contributed by atoms with Crippen LogP contribution < -0.4 is 16.0 Å². The predicted octanol–water partition coefficient (Wildman–Crippen LogP) is 5.06. The number of amides is 3. The second-order valence-electron chi connectivity index (χ2n) is 10.8. The molecule has 1 unspecified atom stereocenters. The monoisotopic (exact) mass is 589 g/mol. The first-order chi connectivity index (χ1) is 19.6. The molecule has 1 aliphatic carbocycles. The summed E-state index contributed by atoms with van der Waals surface area (Å²) in [6.07, 6.45) is 0.717. The first-order valence-corrected chi connectivity index (χ1v) is 14.1. The van der Waals surface area contributed by atoms with E-state index in [9.17, 15) is 19.2 Å². The Labute approximate surface area is 242 Å². The van der Waals surface area contributed by atoms with Crippen LogP contribution in [-0.4, -0.2) is 42.8 Å². The lowest BCUT2D eigenvalue weighted by molar-refractivity contribution is -0.129. The Morgan fingerprint density at radius 2 is 1.90 bits per heavy atom. The zero-order valence-corrected chi connectivity index (χ0v) is 23.5. The number of hydrogen-bond acceptors (Lipinski definition) is 5. The summed E-state index contributed by atoms with van der Waals surface area (Å²) in [5, 5.41) is 7.91. The summed E-state index contributed by atoms with van der Waals surface area (Å²) in [6, 6.07) is 10.7. The van der Waals surface area contributed by atoms with E-state index >= 15 is 8.78 Å². The molecule has 2 aromatic carbocycles. The highest BCUT2D eigenvalue weighted by atomic mass is 35.5. The van der Waals surface area contributed by atoms with E-state index in [1.54, 1.807) is 18.2 Å². The molecule has 3 N–H and O–H groups in total. The molecule has 41 heavy (non-hydrogen) atoms. The number of halogens is 3. The van der Waals surface area contributed by atoms with Crippen molar-refractivity contribution in [2.75, 3.05) is 6.54 Å². The van der Waals surface area contributed by atoms with Gasteiger partial charge in [-0.05, 0) is 55.2 Å². The van der Waals surface area contributed by atoms with Crippen LogP contribution in [0.4, 0.5) is 13.6 Å². The molecule has 1 heterocycles. The van der Waals surface area contributed by atoms with Crippen LogP contribution in [0, 0.1) is 11.3 Å². The Balaban J connectivity index is 1.52. The third kappa shape index (κ3) is 7.61. The van der Waals surface area contributed by atoms with Crippen LogP contribution in [0.25, 0.3) is 0 Å². The molecule has 3 amide bonds. The molecule has 0 spiro atoms. The minimum absolute atomic E-state index is 0.0525. The van der Waals surface area contributed by atoms with Gasteiger partial charge in [-0.3, -0.25) is 9.59 Å². The lowest BCUT2D eigenvalue weighted by Gasteiger charge is -2.29. The van der Waals surface area contributed by atoms with Crippen molar-refractivity contribution >= 4 is 35.8 Å². The Morgan fingerprint density at radius 1 is 1.17 bits per heavy atom. The predicted molar refractivity (Wildman–Crippen MR) is 148 cm³/mol. The number of alkyl carbamates (subject to hydrolysis) is 1. The van der Waals surface area contributed by atoms with Gasteiger partial charge in [-0.2, -0.15) is 8.78 Å². The Bertz CT molecular complexity index is 1260. The molecule has 220 valence electrons. The van der Waals surface area contributed by atoms with Crippen LogP contribution in [0.15, 0.2) is 54.6 Å². The minimum Gasteiger partial charge on any atom is -0.434 e. The van der Waals surface area contributed by atoms with E-state index in [4.69, 9.17) is 16.3 Å². The zero-order valence-electron chi connectivity index (χ0n) is 22.7. The summed E-state index contributed by atoms with van der Waals surface area (Å²) in [5.41, 5.74) is -0.564. The first-order valence-electron chi connectivity index (χ1n) is 13.8. The summed E-state index contributed by atoms with van der Waals surface area (Å²) in [6.45, 7) is 2.48. The van der Waals surface area contributed by atoms with E-state index in [0.29, 0.717) is 19.3 Å². The number of benzene rings is 2. The van der Waals surface area contributed by atoms with Crippen LogP contribution in [0.2, 0.25) is 5.02 Å². The van der Waals surface area contributed by atoms with E-state index in [1.807, 2.05) is 6.92 Å². The van der Waals surface area contributed by atoms with Gasteiger partial charge in [-0.25, -0.2) is 4.79 Å². The molecule has 8 nitrogen and oxygen atoms in total. The van der Waals surface area contributed by atoms with Crippen LogP contribution in [0.3, 0.4) is 0 Å². The number of aldehydes is 1. The summed E-state index contributed by atoms with van der Waals surface area (Å²) in [7, 11) is 0. The van der Waals surface area contributed by atoms with Gasteiger partial charge in [-0.15, -0.1) is 0 Å². The quantitative estimate of drug-likeness (QED) is 0.283. The molecule has 2 fully saturated rings. The molecule has 2 aliphatic rings. The summed E-state index contributed by atoms with van der Waals surface area (Å²) in [4.78, 5) is 50.2. The highest BCUT2D eigenvalue weighted by Gasteiger charge is 2.47. The van der Waals surface area contributed by atoms with Crippen molar-refractivity contribution in [1.29, 1.82) is 0 Å². The molecule has 0 radical (unpaired) electrons. The van der Waals surface area contributed by atoms with Gasteiger partial charge in [0, 0.05) is 23.0 Å². The average molecular weight is 590 g/mol. The maximum Gasteiger partial charge on any atom is 0.408 e. The number of carbonyl (C=O) groups excluding carboxylic acids is 4. The second kappa shape index (κ2) is 13.0. The third-order valence-electron chi connectivity index (χ3n) is 8.01. The van der Waals surface area contributed by atoms with Crippen LogP contribution in [0.5, 0.6) is 0 Å². The maximum absolute atomic E-state index is 15.8. The molecule has 2 aromatic rings. The van der Waals surface area contributed by atoms with Gasteiger partial charge in [0.25, 0.3) is 0 Å². The van der Waals surface area contributed by atoms with Crippen molar-refractivity contribution in [2.24, 2.45) is 11.3 Å².